The maximum absolute atomic E-state index is 11.0. The molecule has 0 aromatic heterocycles. The molecule has 1 atom stereocenters. The molecular weight excluding hydrogens is 232 g/mol. The van der Waals surface area contributed by atoms with E-state index in [9.17, 15) is 4.79 Å². The Bertz CT molecular complexity index is 378. The number of hydrogen-bond donors (Lipinski definition) is 1. The van der Waals surface area contributed by atoms with Crippen molar-refractivity contribution in [1.82, 2.24) is 0 Å². The van der Waals surface area contributed by atoms with E-state index in [1.54, 1.807) is 19.2 Å². The number of carboxylic acid groups (broad SMARTS) is 1. The third-order valence-electron chi connectivity index (χ3n) is 2.07. The van der Waals surface area contributed by atoms with Crippen LogP contribution < -0.4 is 4.74 Å². The summed E-state index contributed by atoms with van der Waals surface area (Å²) in [7, 11) is 1.56. The molecule has 0 amide bonds. The molecule has 0 aliphatic heterocycles. The van der Waals surface area contributed by atoms with Gasteiger partial charge in [0.2, 0.25) is 0 Å². The molecule has 0 bridgehead atoms. The van der Waals surface area contributed by atoms with Gasteiger partial charge < -0.3 is 14.6 Å². The predicted octanol–water partition coefficient (Wildman–Crippen LogP) is 2.45. The Morgan fingerprint density at radius 3 is 2.81 bits per heavy atom. The summed E-state index contributed by atoms with van der Waals surface area (Å²) in [5, 5.41) is 9.14. The summed E-state index contributed by atoms with van der Waals surface area (Å²) in [5.41, 5.74) is -0.0209. The number of halogens is 1. The van der Waals surface area contributed by atoms with Crippen molar-refractivity contribution in [2.24, 2.45) is 0 Å². The Morgan fingerprint density at radius 2 is 2.25 bits per heavy atom. The van der Waals surface area contributed by atoms with Gasteiger partial charge in [-0.05, 0) is 19.1 Å². The molecule has 0 saturated heterocycles. The first-order valence-electron chi connectivity index (χ1n) is 4.73. The van der Waals surface area contributed by atoms with Crippen LogP contribution in [0.1, 0.15) is 17.3 Å². The zero-order valence-electron chi connectivity index (χ0n) is 9.07. The van der Waals surface area contributed by atoms with E-state index in [1.807, 2.05) is 6.92 Å². The fourth-order valence-corrected chi connectivity index (χ4v) is 1.35. The van der Waals surface area contributed by atoms with Crippen LogP contribution in [-0.4, -0.2) is 30.9 Å². The number of carboxylic acids is 1. The number of aromatic carboxylic acids is 1. The average molecular weight is 245 g/mol. The second-order valence-electron chi connectivity index (χ2n) is 3.28. The Balaban J connectivity index is 2.87. The van der Waals surface area contributed by atoms with Crippen LogP contribution in [-0.2, 0) is 4.74 Å². The summed E-state index contributed by atoms with van der Waals surface area (Å²) in [6.45, 7) is 2.10. The highest BCUT2D eigenvalue weighted by Crippen LogP contribution is 2.26. The molecule has 1 unspecified atom stereocenters. The van der Waals surface area contributed by atoms with Crippen LogP contribution in [0.4, 0.5) is 0 Å². The van der Waals surface area contributed by atoms with Gasteiger partial charge in [-0.1, -0.05) is 17.7 Å². The molecule has 0 saturated carbocycles. The van der Waals surface area contributed by atoms with Crippen molar-refractivity contribution < 1.29 is 19.4 Å². The van der Waals surface area contributed by atoms with E-state index >= 15 is 0 Å². The van der Waals surface area contributed by atoms with Crippen molar-refractivity contribution >= 4 is 17.6 Å². The fourth-order valence-electron chi connectivity index (χ4n) is 1.11. The maximum Gasteiger partial charge on any atom is 0.341 e. The van der Waals surface area contributed by atoms with Gasteiger partial charge in [0.1, 0.15) is 17.9 Å². The van der Waals surface area contributed by atoms with Gasteiger partial charge in [0.05, 0.1) is 11.1 Å². The summed E-state index contributed by atoms with van der Waals surface area (Å²) in [4.78, 5) is 11.0. The van der Waals surface area contributed by atoms with Crippen molar-refractivity contribution in [1.29, 1.82) is 0 Å². The standard InChI is InChI=1S/C11H13ClO4/c1-7(15-2)6-16-9-5-3-4-8(12)10(9)11(13)14/h3-5,7H,6H2,1-2H3,(H,13,14). The van der Waals surface area contributed by atoms with E-state index in [0.717, 1.165) is 0 Å². The number of hydrogen-bond acceptors (Lipinski definition) is 3. The SMILES string of the molecule is COC(C)COc1cccc(Cl)c1C(=O)O. The molecule has 1 aromatic rings. The van der Waals surface area contributed by atoms with Gasteiger partial charge in [-0.3, -0.25) is 0 Å². The normalized spacial score (nSPS) is 12.2. The summed E-state index contributed by atoms with van der Waals surface area (Å²) >= 11 is 5.78. The third kappa shape index (κ3) is 3.12. The Morgan fingerprint density at radius 1 is 1.56 bits per heavy atom. The van der Waals surface area contributed by atoms with E-state index in [2.05, 4.69) is 0 Å². The fraction of sp³-hybridized carbons (Fsp3) is 0.364. The first-order chi connectivity index (χ1) is 7.56. The Labute approximate surface area is 98.7 Å². The van der Waals surface area contributed by atoms with Gasteiger partial charge in [-0.15, -0.1) is 0 Å². The number of benzene rings is 1. The van der Waals surface area contributed by atoms with Crippen LogP contribution in [0.5, 0.6) is 5.75 Å². The molecule has 1 rings (SSSR count). The third-order valence-corrected chi connectivity index (χ3v) is 2.38. The topological polar surface area (TPSA) is 55.8 Å². The molecule has 0 aliphatic rings. The highest BCUT2D eigenvalue weighted by Gasteiger charge is 2.15. The highest BCUT2D eigenvalue weighted by molar-refractivity contribution is 6.33. The van der Waals surface area contributed by atoms with Crippen molar-refractivity contribution in [3.63, 3.8) is 0 Å². The maximum atomic E-state index is 11.0. The van der Waals surface area contributed by atoms with E-state index in [4.69, 9.17) is 26.2 Å². The number of methoxy groups -OCH3 is 1. The summed E-state index contributed by atoms with van der Waals surface area (Å²) < 4.78 is 10.3. The van der Waals surface area contributed by atoms with E-state index in [-0.39, 0.29) is 29.0 Å². The Kier molecular flexibility index (Phi) is 4.58. The highest BCUT2D eigenvalue weighted by atomic mass is 35.5. The van der Waals surface area contributed by atoms with Crippen molar-refractivity contribution in [2.45, 2.75) is 13.0 Å². The lowest BCUT2D eigenvalue weighted by atomic mass is 10.2. The molecule has 1 aromatic carbocycles. The van der Waals surface area contributed by atoms with E-state index in [0.29, 0.717) is 0 Å². The molecule has 0 heterocycles. The number of ether oxygens (including phenoxy) is 2. The molecule has 4 nitrogen and oxygen atoms in total. The lowest BCUT2D eigenvalue weighted by Gasteiger charge is -2.13. The van der Waals surface area contributed by atoms with Gasteiger partial charge in [0.25, 0.3) is 0 Å². The van der Waals surface area contributed by atoms with Gasteiger partial charge in [-0.2, -0.15) is 0 Å². The van der Waals surface area contributed by atoms with E-state index < -0.39 is 5.97 Å². The summed E-state index contributed by atoms with van der Waals surface area (Å²) in [5.74, 6) is -0.852. The Hall–Kier alpha value is -1.26. The second-order valence-corrected chi connectivity index (χ2v) is 3.68. The smallest absolute Gasteiger partial charge is 0.341 e. The van der Waals surface area contributed by atoms with Crippen LogP contribution >= 0.6 is 11.6 Å². The van der Waals surface area contributed by atoms with Crippen LogP contribution in [0, 0.1) is 0 Å². The molecule has 0 aliphatic carbocycles. The lowest BCUT2D eigenvalue weighted by molar-refractivity contribution is 0.0646. The van der Waals surface area contributed by atoms with Gasteiger partial charge >= 0.3 is 5.97 Å². The molecule has 0 radical (unpaired) electrons. The van der Waals surface area contributed by atoms with Gasteiger partial charge in [0, 0.05) is 7.11 Å². The molecular formula is C11H13ClO4. The van der Waals surface area contributed by atoms with Crippen molar-refractivity contribution in [2.75, 3.05) is 13.7 Å². The van der Waals surface area contributed by atoms with Crippen molar-refractivity contribution in [3.8, 4) is 5.75 Å². The molecule has 0 fully saturated rings. The zero-order valence-corrected chi connectivity index (χ0v) is 9.82. The van der Waals surface area contributed by atoms with Crippen LogP contribution in [0.15, 0.2) is 18.2 Å². The quantitative estimate of drug-likeness (QED) is 0.864. The molecule has 0 spiro atoms. The largest absolute Gasteiger partial charge is 0.490 e. The number of carbonyl (C=O) groups is 1. The van der Waals surface area contributed by atoms with E-state index in [1.165, 1.54) is 6.07 Å². The summed E-state index contributed by atoms with van der Waals surface area (Å²) in [6, 6.07) is 4.72. The minimum atomic E-state index is -1.11. The monoisotopic (exact) mass is 244 g/mol. The van der Waals surface area contributed by atoms with Crippen LogP contribution in [0.3, 0.4) is 0 Å². The number of rotatable bonds is 5. The van der Waals surface area contributed by atoms with Crippen molar-refractivity contribution in [3.05, 3.63) is 28.8 Å². The zero-order chi connectivity index (χ0) is 12.1. The molecule has 16 heavy (non-hydrogen) atoms. The minimum Gasteiger partial charge on any atom is -0.490 e. The van der Waals surface area contributed by atoms with Gasteiger partial charge in [-0.25, -0.2) is 4.79 Å². The molecule has 5 heteroatoms. The second kappa shape index (κ2) is 5.72. The average Bonchev–Trinajstić information content (AvgIpc) is 2.25. The first kappa shape index (κ1) is 12.8. The van der Waals surface area contributed by atoms with Gasteiger partial charge in [0.15, 0.2) is 0 Å². The first-order valence-corrected chi connectivity index (χ1v) is 5.11. The molecule has 1 N–H and O–H groups in total. The minimum absolute atomic E-state index is 0.0209. The summed E-state index contributed by atoms with van der Waals surface area (Å²) in [6.07, 6.45) is -0.111. The van der Waals surface area contributed by atoms with Crippen LogP contribution in [0.25, 0.3) is 0 Å². The molecule has 88 valence electrons. The van der Waals surface area contributed by atoms with Crippen LogP contribution in [0.2, 0.25) is 5.02 Å². The lowest BCUT2D eigenvalue weighted by Crippen LogP contribution is -2.17. The predicted molar refractivity (Wildman–Crippen MR) is 60.4 cm³/mol.